The maximum atomic E-state index is 13.0. The number of pyridine rings is 2. The third-order valence-electron chi connectivity index (χ3n) is 7.60. The molecule has 2 aromatic heterocycles. The van der Waals surface area contributed by atoms with Gasteiger partial charge in [-0.1, -0.05) is 25.3 Å². The summed E-state index contributed by atoms with van der Waals surface area (Å²) in [6.07, 6.45) is 10.7. The van der Waals surface area contributed by atoms with Crippen molar-refractivity contribution in [2.75, 3.05) is 31.1 Å². The van der Waals surface area contributed by atoms with Crippen molar-refractivity contribution >= 4 is 11.7 Å². The van der Waals surface area contributed by atoms with E-state index < -0.39 is 0 Å². The van der Waals surface area contributed by atoms with Crippen LogP contribution in [0.15, 0.2) is 24.5 Å². The first-order valence-electron chi connectivity index (χ1n) is 12.6. The van der Waals surface area contributed by atoms with Gasteiger partial charge in [-0.25, -0.2) is 4.98 Å². The van der Waals surface area contributed by atoms with Gasteiger partial charge in [-0.2, -0.15) is 5.26 Å². The molecule has 1 amide bonds. The van der Waals surface area contributed by atoms with Crippen LogP contribution in [0.25, 0.3) is 0 Å². The number of carbonyl (C=O) groups is 1. The van der Waals surface area contributed by atoms with Gasteiger partial charge in [0, 0.05) is 49.6 Å². The molecule has 4 heterocycles. The Morgan fingerprint density at radius 2 is 2.09 bits per heavy atom. The zero-order valence-corrected chi connectivity index (χ0v) is 20.0. The highest BCUT2D eigenvalue weighted by Gasteiger charge is 2.33. The van der Waals surface area contributed by atoms with Gasteiger partial charge in [-0.15, -0.1) is 0 Å². The van der Waals surface area contributed by atoms with E-state index in [2.05, 4.69) is 22.9 Å². The van der Waals surface area contributed by atoms with Gasteiger partial charge < -0.3 is 14.5 Å². The van der Waals surface area contributed by atoms with Crippen LogP contribution in [0.4, 0.5) is 5.82 Å². The topological polar surface area (TPSA) is 82.4 Å². The summed E-state index contributed by atoms with van der Waals surface area (Å²) in [6.45, 7) is 5.31. The number of aromatic nitrogens is 2. The number of rotatable bonds is 4. The molecule has 2 aromatic rings. The van der Waals surface area contributed by atoms with Gasteiger partial charge in [0.15, 0.2) is 0 Å². The van der Waals surface area contributed by atoms with E-state index in [9.17, 15) is 10.1 Å². The number of nitrogens with zero attached hydrogens (tertiary/aromatic N) is 5. The summed E-state index contributed by atoms with van der Waals surface area (Å²) >= 11 is 0. The highest BCUT2D eigenvalue weighted by atomic mass is 16.5. The summed E-state index contributed by atoms with van der Waals surface area (Å²) in [5.74, 6) is 1.39. The molecule has 34 heavy (non-hydrogen) atoms. The standard InChI is InChI=1S/C27H33N5O2/c1-19-17-31(11-12-32(19)25(33)14-20-6-5-10-29-16-20)27-23(15-28)22-9-13-34-18-24(22)26(30-27)21-7-3-2-4-8-21/h5-6,10,16,19,21H,2-4,7-9,11-14,17-18H2,1H3/t19-/m1/s1. The molecule has 0 unspecified atom stereocenters. The van der Waals surface area contributed by atoms with Gasteiger partial charge in [0.2, 0.25) is 5.91 Å². The van der Waals surface area contributed by atoms with Crippen molar-refractivity contribution in [1.29, 1.82) is 5.26 Å². The summed E-state index contributed by atoms with van der Waals surface area (Å²) in [5.41, 5.74) is 5.11. The monoisotopic (exact) mass is 459 g/mol. The average molecular weight is 460 g/mol. The molecule has 7 heteroatoms. The number of amides is 1. The zero-order chi connectivity index (χ0) is 23.5. The van der Waals surface area contributed by atoms with E-state index in [1.807, 2.05) is 17.0 Å². The summed E-state index contributed by atoms with van der Waals surface area (Å²) in [4.78, 5) is 26.5. The molecule has 0 N–H and O–H groups in total. The van der Waals surface area contributed by atoms with E-state index in [0.717, 1.165) is 47.5 Å². The van der Waals surface area contributed by atoms with Crippen molar-refractivity contribution in [2.24, 2.45) is 0 Å². The van der Waals surface area contributed by atoms with Gasteiger partial charge in [-0.3, -0.25) is 9.78 Å². The first-order valence-corrected chi connectivity index (χ1v) is 12.6. The summed E-state index contributed by atoms with van der Waals surface area (Å²) in [7, 11) is 0. The number of nitriles is 1. The Morgan fingerprint density at radius 1 is 1.24 bits per heavy atom. The molecule has 1 atom stereocenters. The van der Waals surface area contributed by atoms with E-state index in [0.29, 0.717) is 50.8 Å². The van der Waals surface area contributed by atoms with Gasteiger partial charge in [0.25, 0.3) is 0 Å². The van der Waals surface area contributed by atoms with Crippen molar-refractivity contribution in [3.8, 4) is 6.07 Å². The molecule has 0 bridgehead atoms. The Morgan fingerprint density at radius 3 is 2.82 bits per heavy atom. The summed E-state index contributed by atoms with van der Waals surface area (Å²) < 4.78 is 5.81. The van der Waals surface area contributed by atoms with Crippen molar-refractivity contribution in [2.45, 2.75) is 70.4 Å². The molecular weight excluding hydrogens is 426 g/mol. The average Bonchev–Trinajstić information content (AvgIpc) is 2.88. The van der Waals surface area contributed by atoms with Crippen LogP contribution in [0.3, 0.4) is 0 Å². The highest BCUT2D eigenvalue weighted by molar-refractivity contribution is 5.79. The van der Waals surface area contributed by atoms with E-state index >= 15 is 0 Å². The molecule has 0 radical (unpaired) electrons. The lowest BCUT2D eigenvalue weighted by Crippen LogP contribution is -2.55. The fourth-order valence-corrected chi connectivity index (χ4v) is 5.82. The van der Waals surface area contributed by atoms with Crippen LogP contribution in [-0.2, 0) is 29.0 Å². The number of ether oxygens (including phenoxy) is 1. The van der Waals surface area contributed by atoms with Crippen LogP contribution < -0.4 is 4.90 Å². The third kappa shape index (κ3) is 4.52. The molecule has 1 aliphatic carbocycles. The van der Waals surface area contributed by atoms with Crippen molar-refractivity contribution in [3.05, 3.63) is 52.5 Å². The maximum absolute atomic E-state index is 13.0. The fraction of sp³-hybridized carbons (Fsp3) is 0.556. The molecule has 2 aliphatic heterocycles. The molecule has 5 rings (SSSR count). The molecule has 3 aliphatic rings. The van der Waals surface area contributed by atoms with E-state index in [-0.39, 0.29) is 11.9 Å². The van der Waals surface area contributed by atoms with E-state index in [1.54, 1.807) is 12.4 Å². The van der Waals surface area contributed by atoms with Crippen LogP contribution in [0.5, 0.6) is 0 Å². The number of hydrogen-bond acceptors (Lipinski definition) is 6. The van der Waals surface area contributed by atoms with E-state index in [4.69, 9.17) is 9.72 Å². The number of hydrogen-bond donors (Lipinski definition) is 0. The quantitative estimate of drug-likeness (QED) is 0.693. The van der Waals surface area contributed by atoms with Crippen LogP contribution >= 0.6 is 0 Å². The van der Waals surface area contributed by atoms with Crippen molar-refractivity contribution in [3.63, 3.8) is 0 Å². The molecule has 0 spiro atoms. The fourth-order valence-electron chi connectivity index (χ4n) is 5.82. The Kier molecular flexibility index (Phi) is 6.77. The second-order valence-corrected chi connectivity index (χ2v) is 9.82. The van der Waals surface area contributed by atoms with Gasteiger partial charge >= 0.3 is 0 Å². The van der Waals surface area contributed by atoms with Crippen LogP contribution in [0.2, 0.25) is 0 Å². The second-order valence-electron chi connectivity index (χ2n) is 9.82. The Balaban J connectivity index is 1.40. The number of piperazine rings is 1. The molecular formula is C27H33N5O2. The van der Waals surface area contributed by atoms with Crippen LogP contribution in [0, 0.1) is 11.3 Å². The Bertz CT molecular complexity index is 1070. The number of carbonyl (C=O) groups excluding carboxylic acids is 1. The van der Waals surface area contributed by atoms with Crippen LogP contribution in [-0.4, -0.2) is 53.1 Å². The Hall–Kier alpha value is -2.98. The second kappa shape index (κ2) is 10.1. The minimum Gasteiger partial charge on any atom is -0.376 e. The number of fused-ring (bicyclic) bond motifs is 1. The highest BCUT2D eigenvalue weighted by Crippen LogP contribution is 2.39. The SMILES string of the molecule is C[C@@H]1CN(c2nc(C3CCCCC3)c3c(c2C#N)CCOC3)CCN1C(=O)Cc1cccnc1. The van der Waals surface area contributed by atoms with Crippen LogP contribution in [0.1, 0.15) is 72.9 Å². The third-order valence-corrected chi connectivity index (χ3v) is 7.60. The molecule has 178 valence electrons. The van der Waals surface area contributed by atoms with Gasteiger partial charge in [-0.05, 0) is 43.4 Å². The minimum absolute atomic E-state index is 0.0451. The molecule has 2 fully saturated rings. The zero-order valence-electron chi connectivity index (χ0n) is 20.0. The lowest BCUT2D eigenvalue weighted by Gasteiger charge is -2.41. The van der Waals surface area contributed by atoms with E-state index in [1.165, 1.54) is 19.3 Å². The van der Waals surface area contributed by atoms with Crippen molar-refractivity contribution in [1.82, 2.24) is 14.9 Å². The predicted octanol–water partition coefficient (Wildman–Crippen LogP) is 3.75. The van der Waals surface area contributed by atoms with Crippen molar-refractivity contribution < 1.29 is 9.53 Å². The largest absolute Gasteiger partial charge is 0.376 e. The lowest BCUT2D eigenvalue weighted by molar-refractivity contribution is -0.132. The lowest BCUT2D eigenvalue weighted by atomic mass is 9.82. The molecule has 7 nitrogen and oxygen atoms in total. The normalized spacial score (nSPS) is 21.1. The first kappa shape index (κ1) is 22.8. The minimum atomic E-state index is 0.0451. The summed E-state index contributed by atoms with van der Waals surface area (Å²) in [5, 5.41) is 10.1. The maximum Gasteiger partial charge on any atom is 0.227 e. The predicted molar refractivity (Wildman–Crippen MR) is 129 cm³/mol. The van der Waals surface area contributed by atoms with Gasteiger partial charge in [0.05, 0.1) is 30.9 Å². The molecule has 1 saturated carbocycles. The number of anilines is 1. The Labute approximate surface area is 201 Å². The summed E-state index contributed by atoms with van der Waals surface area (Å²) in [6, 6.07) is 6.34. The van der Waals surface area contributed by atoms with Gasteiger partial charge in [0.1, 0.15) is 11.9 Å². The smallest absolute Gasteiger partial charge is 0.227 e. The molecule has 1 saturated heterocycles. The molecule has 0 aromatic carbocycles. The first-order chi connectivity index (χ1) is 16.7.